The third-order valence-electron chi connectivity index (χ3n) is 2.28. The van der Waals surface area contributed by atoms with Gasteiger partial charge in [-0.25, -0.2) is 5.84 Å². The van der Waals surface area contributed by atoms with Crippen LogP contribution in [0.25, 0.3) is 0 Å². The molecule has 0 aromatic heterocycles. The van der Waals surface area contributed by atoms with Crippen molar-refractivity contribution in [1.82, 2.24) is 5.43 Å². The van der Waals surface area contributed by atoms with Crippen molar-refractivity contribution in [3.63, 3.8) is 0 Å². The predicted molar refractivity (Wildman–Crippen MR) is 45.5 cm³/mol. The molecule has 0 radical (unpaired) electrons. The molecule has 0 unspecified atom stereocenters. The summed E-state index contributed by atoms with van der Waals surface area (Å²) >= 11 is 0. The van der Waals surface area contributed by atoms with Crippen LogP contribution in [-0.4, -0.2) is 5.84 Å². The van der Waals surface area contributed by atoms with Gasteiger partial charge in [-0.15, -0.1) is 0 Å². The summed E-state index contributed by atoms with van der Waals surface area (Å²) in [5.41, 5.74) is 2.55. The van der Waals surface area contributed by atoms with Gasteiger partial charge >= 0.3 is 0 Å². The van der Waals surface area contributed by atoms with Gasteiger partial charge in [-0.3, -0.25) is 0 Å². The molecule has 0 amide bonds. The minimum atomic E-state index is 0.471. The fourth-order valence-corrected chi connectivity index (χ4v) is 1.64. The summed E-state index contributed by atoms with van der Waals surface area (Å²) in [7, 11) is 0. The molecule has 0 heterocycles. The number of rotatable bonds is 1. The Balaban J connectivity index is 2.43. The van der Waals surface area contributed by atoms with E-state index in [0.29, 0.717) is 5.92 Å². The van der Waals surface area contributed by atoms with Gasteiger partial charge in [0.25, 0.3) is 0 Å². The number of hydrogen-bond acceptors (Lipinski definition) is 3. The van der Waals surface area contributed by atoms with Gasteiger partial charge in [-0.1, -0.05) is 19.3 Å². The Kier molecular flexibility index (Phi) is 3.16. The Bertz CT molecular complexity index is 137. The van der Waals surface area contributed by atoms with Crippen molar-refractivity contribution in [2.75, 3.05) is 0 Å². The average molecular weight is 156 g/mol. The molecule has 0 saturated heterocycles. The second-order valence-corrected chi connectivity index (χ2v) is 2.99. The van der Waals surface area contributed by atoms with E-state index >= 15 is 0 Å². The number of hydrogen-bond donors (Lipinski definition) is 3. The largest absolute Gasteiger partial charge is 0.322 e. The van der Waals surface area contributed by atoms with E-state index in [1.54, 1.807) is 0 Å². The Morgan fingerprint density at radius 3 is 2.36 bits per heavy atom. The van der Waals surface area contributed by atoms with Gasteiger partial charge in [0, 0.05) is 5.92 Å². The molecule has 11 heavy (non-hydrogen) atoms. The summed E-state index contributed by atoms with van der Waals surface area (Å²) in [5, 5.41) is 3.61. The fraction of sp³-hybridized carbons (Fsp3) is 0.857. The first-order valence-corrected chi connectivity index (χ1v) is 4.13. The third kappa shape index (κ3) is 2.08. The number of nitrogens with one attached hydrogen (secondary N) is 1. The predicted octanol–water partition coefficient (Wildman–Crippen LogP) is 0.302. The molecule has 0 aromatic carbocycles. The lowest BCUT2D eigenvalue weighted by molar-refractivity contribution is 0.431. The van der Waals surface area contributed by atoms with Crippen molar-refractivity contribution in [3.8, 4) is 0 Å². The van der Waals surface area contributed by atoms with E-state index in [1.165, 1.54) is 32.1 Å². The second kappa shape index (κ2) is 4.18. The maximum absolute atomic E-state index is 5.25. The lowest BCUT2D eigenvalue weighted by Crippen LogP contribution is -2.37. The van der Waals surface area contributed by atoms with Crippen LogP contribution in [0.2, 0.25) is 0 Å². The molecule has 0 aliphatic heterocycles. The Hall–Kier alpha value is -0.770. The molecule has 1 aliphatic rings. The van der Waals surface area contributed by atoms with E-state index in [4.69, 9.17) is 11.7 Å². The molecular formula is C7H16N4. The van der Waals surface area contributed by atoms with Crippen molar-refractivity contribution in [1.29, 1.82) is 0 Å². The third-order valence-corrected chi connectivity index (χ3v) is 2.28. The van der Waals surface area contributed by atoms with Crippen LogP contribution in [0.4, 0.5) is 0 Å². The van der Waals surface area contributed by atoms with Crippen LogP contribution in [-0.2, 0) is 0 Å². The van der Waals surface area contributed by atoms with Crippen LogP contribution < -0.4 is 17.1 Å². The quantitative estimate of drug-likeness (QED) is 0.221. The van der Waals surface area contributed by atoms with E-state index in [0.717, 1.165) is 5.84 Å². The summed E-state index contributed by atoms with van der Waals surface area (Å²) < 4.78 is 0. The van der Waals surface area contributed by atoms with Gasteiger partial charge < -0.3 is 11.3 Å². The molecule has 64 valence electrons. The van der Waals surface area contributed by atoms with Crippen LogP contribution in [0.1, 0.15) is 32.1 Å². The molecule has 5 N–H and O–H groups in total. The van der Waals surface area contributed by atoms with Crippen LogP contribution in [0.5, 0.6) is 0 Å². The SMILES string of the molecule is N/N=C(\NN)C1CCCCC1. The zero-order valence-electron chi connectivity index (χ0n) is 6.71. The summed E-state index contributed by atoms with van der Waals surface area (Å²) in [6, 6.07) is 0. The van der Waals surface area contributed by atoms with Crippen molar-refractivity contribution >= 4 is 5.84 Å². The zero-order valence-corrected chi connectivity index (χ0v) is 6.71. The number of hydrazine groups is 1. The zero-order chi connectivity index (χ0) is 8.10. The molecule has 1 rings (SSSR count). The molecule has 0 spiro atoms. The molecule has 0 bridgehead atoms. The first-order valence-electron chi connectivity index (χ1n) is 4.13. The summed E-state index contributed by atoms with van der Waals surface area (Å²) in [5.74, 6) is 11.6. The van der Waals surface area contributed by atoms with E-state index in [-0.39, 0.29) is 0 Å². The van der Waals surface area contributed by atoms with Crippen LogP contribution in [0.15, 0.2) is 5.10 Å². The van der Waals surface area contributed by atoms with E-state index < -0.39 is 0 Å². The van der Waals surface area contributed by atoms with Crippen molar-refractivity contribution in [3.05, 3.63) is 0 Å². The second-order valence-electron chi connectivity index (χ2n) is 2.99. The van der Waals surface area contributed by atoms with Gasteiger partial charge in [-0.2, -0.15) is 5.10 Å². The summed E-state index contributed by atoms with van der Waals surface area (Å²) in [6.45, 7) is 0. The molecule has 0 atom stereocenters. The smallest absolute Gasteiger partial charge is 0.139 e. The number of amidine groups is 1. The van der Waals surface area contributed by atoms with E-state index in [9.17, 15) is 0 Å². The Morgan fingerprint density at radius 1 is 1.27 bits per heavy atom. The summed E-state index contributed by atoms with van der Waals surface area (Å²) in [4.78, 5) is 0. The van der Waals surface area contributed by atoms with Crippen LogP contribution in [0, 0.1) is 5.92 Å². The Morgan fingerprint density at radius 2 is 1.91 bits per heavy atom. The molecule has 1 saturated carbocycles. The van der Waals surface area contributed by atoms with Gasteiger partial charge in [0.1, 0.15) is 5.84 Å². The minimum Gasteiger partial charge on any atom is -0.322 e. The van der Waals surface area contributed by atoms with Gasteiger partial charge in [0.2, 0.25) is 0 Å². The number of nitrogens with two attached hydrogens (primary N) is 2. The number of hydrazone groups is 1. The van der Waals surface area contributed by atoms with Crippen LogP contribution in [0.3, 0.4) is 0 Å². The maximum atomic E-state index is 5.25. The first kappa shape index (κ1) is 8.33. The highest BCUT2D eigenvalue weighted by atomic mass is 15.3. The van der Waals surface area contributed by atoms with Crippen molar-refractivity contribution < 1.29 is 0 Å². The van der Waals surface area contributed by atoms with Gasteiger partial charge in [0.15, 0.2) is 0 Å². The lowest BCUT2D eigenvalue weighted by atomic mass is 9.88. The minimum absolute atomic E-state index is 0.471. The highest BCUT2D eigenvalue weighted by Crippen LogP contribution is 2.23. The van der Waals surface area contributed by atoms with Gasteiger partial charge in [-0.05, 0) is 12.8 Å². The van der Waals surface area contributed by atoms with E-state index in [1.807, 2.05) is 0 Å². The van der Waals surface area contributed by atoms with Crippen molar-refractivity contribution in [2.24, 2.45) is 22.7 Å². The highest BCUT2D eigenvalue weighted by Gasteiger charge is 2.17. The monoisotopic (exact) mass is 156 g/mol. The summed E-state index contributed by atoms with van der Waals surface area (Å²) in [6.07, 6.45) is 6.20. The fourth-order valence-electron chi connectivity index (χ4n) is 1.64. The highest BCUT2D eigenvalue weighted by molar-refractivity contribution is 5.83. The van der Waals surface area contributed by atoms with Crippen LogP contribution >= 0.6 is 0 Å². The topological polar surface area (TPSA) is 76.4 Å². The molecular weight excluding hydrogens is 140 g/mol. The molecule has 4 nitrogen and oxygen atoms in total. The lowest BCUT2D eigenvalue weighted by Gasteiger charge is -2.21. The van der Waals surface area contributed by atoms with E-state index in [2.05, 4.69) is 10.5 Å². The molecule has 1 fully saturated rings. The Labute approximate surface area is 67.0 Å². The normalized spacial score (nSPS) is 21.7. The first-order chi connectivity index (χ1) is 5.38. The van der Waals surface area contributed by atoms with Gasteiger partial charge in [0.05, 0.1) is 0 Å². The maximum Gasteiger partial charge on any atom is 0.139 e. The molecule has 4 heteroatoms. The number of nitrogens with zero attached hydrogens (tertiary/aromatic N) is 1. The molecule has 1 aliphatic carbocycles. The molecule has 0 aromatic rings. The average Bonchev–Trinajstić information content (AvgIpc) is 2.09. The van der Waals surface area contributed by atoms with Crippen molar-refractivity contribution in [2.45, 2.75) is 32.1 Å². The standard InChI is InChI=1S/C7H16N4/c8-10-7(11-9)6-4-2-1-3-5-6/h6H,1-5,8-9H2,(H,10,11).